The van der Waals surface area contributed by atoms with Gasteiger partial charge in [-0.1, -0.05) is 67.6 Å². The van der Waals surface area contributed by atoms with Crippen molar-refractivity contribution in [2.75, 3.05) is 7.11 Å². The molecule has 0 saturated carbocycles. The zero-order valence-electron chi connectivity index (χ0n) is 12.9. The highest BCUT2D eigenvalue weighted by molar-refractivity contribution is 6.01. The lowest BCUT2D eigenvalue weighted by atomic mass is 9.90. The first-order valence-corrected chi connectivity index (χ1v) is 7.33. The molecule has 0 aliphatic heterocycles. The van der Waals surface area contributed by atoms with Crippen molar-refractivity contribution >= 4 is 11.6 Å². The number of benzene rings is 2. The zero-order valence-corrected chi connectivity index (χ0v) is 12.9. The van der Waals surface area contributed by atoms with Crippen molar-refractivity contribution < 1.29 is 14.3 Å². The van der Waals surface area contributed by atoms with Crippen LogP contribution in [0.4, 0.5) is 0 Å². The first-order valence-electron chi connectivity index (χ1n) is 7.33. The second-order valence-corrected chi connectivity index (χ2v) is 5.36. The lowest BCUT2D eigenvalue weighted by Crippen LogP contribution is -2.31. The largest absolute Gasteiger partial charge is 0.373 e. The summed E-state index contributed by atoms with van der Waals surface area (Å²) in [5, 5.41) is 0. The molecule has 2 aromatic carbocycles. The number of Topliss-reactive ketones (excluding diaryl/α,β-unsaturated/α-hetero) is 2. The van der Waals surface area contributed by atoms with E-state index in [0.717, 1.165) is 0 Å². The van der Waals surface area contributed by atoms with E-state index in [4.69, 9.17) is 4.74 Å². The van der Waals surface area contributed by atoms with E-state index >= 15 is 0 Å². The fourth-order valence-corrected chi connectivity index (χ4v) is 2.51. The summed E-state index contributed by atoms with van der Waals surface area (Å²) in [5.74, 6) is -0.252. The SMILES string of the molecule is CO[C@H](C(=O)c1ccccc1)[C@H](C)CC(=O)c1ccccc1. The van der Waals surface area contributed by atoms with Crippen LogP contribution in [0.1, 0.15) is 34.1 Å². The second-order valence-electron chi connectivity index (χ2n) is 5.36. The Morgan fingerprint density at radius 1 is 0.909 bits per heavy atom. The van der Waals surface area contributed by atoms with Crippen LogP contribution < -0.4 is 0 Å². The zero-order chi connectivity index (χ0) is 15.9. The molecule has 3 nitrogen and oxygen atoms in total. The van der Waals surface area contributed by atoms with E-state index in [2.05, 4.69) is 0 Å². The normalized spacial score (nSPS) is 13.4. The molecule has 114 valence electrons. The van der Waals surface area contributed by atoms with Gasteiger partial charge in [0.1, 0.15) is 6.10 Å². The van der Waals surface area contributed by atoms with Gasteiger partial charge in [0.2, 0.25) is 0 Å². The lowest BCUT2D eigenvalue weighted by molar-refractivity contribution is 0.0408. The van der Waals surface area contributed by atoms with Crippen molar-refractivity contribution in [2.45, 2.75) is 19.4 Å². The molecule has 0 spiro atoms. The van der Waals surface area contributed by atoms with E-state index in [-0.39, 0.29) is 23.9 Å². The number of methoxy groups -OCH3 is 1. The maximum Gasteiger partial charge on any atom is 0.191 e. The van der Waals surface area contributed by atoms with Gasteiger partial charge in [-0.05, 0) is 5.92 Å². The van der Waals surface area contributed by atoms with Crippen LogP contribution in [-0.2, 0) is 4.74 Å². The Balaban J connectivity index is 2.07. The van der Waals surface area contributed by atoms with Gasteiger partial charge in [-0.3, -0.25) is 9.59 Å². The van der Waals surface area contributed by atoms with Crippen molar-refractivity contribution in [3.8, 4) is 0 Å². The maximum absolute atomic E-state index is 12.5. The van der Waals surface area contributed by atoms with Gasteiger partial charge < -0.3 is 4.74 Å². The third kappa shape index (κ3) is 3.89. The topological polar surface area (TPSA) is 43.4 Å². The van der Waals surface area contributed by atoms with Gasteiger partial charge in [0.05, 0.1) is 0 Å². The molecule has 0 N–H and O–H groups in total. The van der Waals surface area contributed by atoms with Crippen LogP contribution in [0.15, 0.2) is 60.7 Å². The van der Waals surface area contributed by atoms with Gasteiger partial charge in [-0.15, -0.1) is 0 Å². The van der Waals surface area contributed by atoms with E-state index in [1.165, 1.54) is 7.11 Å². The van der Waals surface area contributed by atoms with Crippen LogP contribution in [0, 0.1) is 5.92 Å². The summed E-state index contributed by atoms with van der Waals surface area (Å²) in [6.07, 6.45) is -0.337. The quantitative estimate of drug-likeness (QED) is 0.730. The van der Waals surface area contributed by atoms with Gasteiger partial charge >= 0.3 is 0 Å². The highest BCUT2D eigenvalue weighted by Crippen LogP contribution is 2.19. The number of carbonyl (C=O) groups is 2. The summed E-state index contributed by atoms with van der Waals surface area (Å²) in [7, 11) is 1.51. The predicted molar refractivity (Wildman–Crippen MR) is 86.1 cm³/mol. The molecule has 0 radical (unpaired) electrons. The van der Waals surface area contributed by atoms with Crippen LogP contribution in [0.2, 0.25) is 0 Å². The third-order valence-electron chi connectivity index (χ3n) is 3.69. The standard InChI is InChI=1S/C19H20O3/c1-14(13-17(20)15-9-5-3-6-10-15)19(22-2)18(21)16-11-7-4-8-12-16/h3-12,14,19H,13H2,1-2H3/t14-,19+/m1/s1. The molecule has 0 saturated heterocycles. The Labute approximate surface area is 130 Å². The molecule has 2 rings (SSSR count). The Bertz CT molecular complexity index is 620. The number of hydrogen-bond acceptors (Lipinski definition) is 3. The van der Waals surface area contributed by atoms with Gasteiger partial charge in [0.15, 0.2) is 11.6 Å². The van der Waals surface area contributed by atoms with Crippen molar-refractivity contribution in [2.24, 2.45) is 5.92 Å². The second kappa shape index (κ2) is 7.66. The molecular weight excluding hydrogens is 276 g/mol. The van der Waals surface area contributed by atoms with Crippen LogP contribution in [0.5, 0.6) is 0 Å². The fourth-order valence-electron chi connectivity index (χ4n) is 2.51. The van der Waals surface area contributed by atoms with Gasteiger partial charge in [-0.25, -0.2) is 0 Å². The highest BCUT2D eigenvalue weighted by Gasteiger charge is 2.27. The summed E-state index contributed by atoms with van der Waals surface area (Å²) >= 11 is 0. The van der Waals surface area contributed by atoms with E-state index in [1.807, 2.05) is 43.3 Å². The molecule has 0 unspecified atom stereocenters. The minimum Gasteiger partial charge on any atom is -0.373 e. The Kier molecular flexibility index (Phi) is 5.61. The van der Waals surface area contributed by atoms with E-state index in [0.29, 0.717) is 11.1 Å². The van der Waals surface area contributed by atoms with Crippen molar-refractivity contribution in [3.63, 3.8) is 0 Å². The summed E-state index contributed by atoms with van der Waals surface area (Å²) in [6, 6.07) is 18.1. The summed E-state index contributed by atoms with van der Waals surface area (Å²) in [5.41, 5.74) is 1.27. The molecule has 0 heterocycles. The summed E-state index contributed by atoms with van der Waals surface area (Å²) in [4.78, 5) is 24.8. The number of hydrogen-bond donors (Lipinski definition) is 0. The Morgan fingerprint density at radius 2 is 1.41 bits per heavy atom. The predicted octanol–water partition coefficient (Wildman–Crippen LogP) is 3.79. The average molecular weight is 296 g/mol. The molecule has 3 heteroatoms. The number of ketones is 2. The monoisotopic (exact) mass is 296 g/mol. The van der Waals surface area contributed by atoms with Crippen LogP contribution in [0.25, 0.3) is 0 Å². The molecular formula is C19H20O3. The number of ether oxygens (including phenoxy) is 1. The molecule has 22 heavy (non-hydrogen) atoms. The molecule has 0 amide bonds. The summed E-state index contributed by atoms with van der Waals surface area (Å²) in [6.45, 7) is 1.87. The Morgan fingerprint density at radius 3 is 1.91 bits per heavy atom. The molecule has 0 aliphatic carbocycles. The van der Waals surface area contributed by atoms with E-state index in [1.54, 1.807) is 24.3 Å². The molecule has 0 aliphatic rings. The molecule has 2 atom stereocenters. The molecule has 0 aromatic heterocycles. The minimum atomic E-state index is -0.616. The molecule has 2 aromatic rings. The average Bonchev–Trinajstić information content (AvgIpc) is 2.57. The van der Waals surface area contributed by atoms with Crippen LogP contribution in [0.3, 0.4) is 0 Å². The first kappa shape index (κ1) is 16.1. The van der Waals surface area contributed by atoms with E-state index < -0.39 is 6.10 Å². The third-order valence-corrected chi connectivity index (χ3v) is 3.69. The van der Waals surface area contributed by atoms with Crippen molar-refractivity contribution in [3.05, 3.63) is 71.8 Å². The Hall–Kier alpha value is -2.26. The van der Waals surface area contributed by atoms with Crippen LogP contribution >= 0.6 is 0 Å². The van der Waals surface area contributed by atoms with Crippen LogP contribution in [-0.4, -0.2) is 24.8 Å². The molecule has 0 bridgehead atoms. The summed E-state index contributed by atoms with van der Waals surface area (Å²) < 4.78 is 5.36. The van der Waals surface area contributed by atoms with Gasteiger partial charge in [0, 0.05) is 24.7 Å². The maximum atomic E-state index is 12.5. The van der Waals surface area contributed by atoms with Crippen molar-refractivity contribution in [1.82, 2.24) is 0 Å². The number of carbonyl (C=O) groups excluding carboxylic acids is 2. The van der Waals surface area contributed by atoms with Crippen molar-refractivity contribution in [1.29, 1.82) is 0 Å². The molecule has 0 fully saturated rings. The highest BCUT2D eigenvalue weighted by atomic mass is 16.5. The number of rotatable bonds is 7. The lowest BCUT2D eigenvalue weighted by Gasteiger charge is -2.21. The fraction of sp³-hybridized carbons (Fsp3) is 0.263. The minimum absolute atomic E-state index is 0.0241. The van der Waals surface area contributed by atoms with Gasteiger partial charge in [-0.2, -0.15) is 0 Å². The smallest absolute Gasteiger partial charge is 0.191 e. The van der Waals surface area contributed by atoms with Gasteiger partial charge in [0.25, 0.3) is 0 Å². The van der Waals surface area contributed by atoms with E-state index in [9.17, 15) is 9.59 Å². The first-order chi connectivity index (χ1) is 10.6.